The van der Waals surface area contributed by atoms with Crippen LogP contribution in [0.3, 0.4) is 0 Å². The molecule has 1 saturated heterocycles. The van der Waals surface area contributed by atoms with Crippen LogP contribution < -0.4 is 10.1 Å². The van der Waals surface area contributed by atoms with Gasteiger partial charge in [0.1, 0.15) is 5.75 Å². The minimum atomic E-state index is -0.137. The predicted octanol–water partition coefficient (Wildman–Crippen LogP) is 2.97. The monoisotopic (exact) mass is 318 g/mol. The first-order chi connectivity index (χ1) is 11.2. The predicted molar refractivity (Wildman–Crippen MR) is 88.6 cm³/mol. The zero-order valence-corrected chi connectivity index (χ0v) is 14.0. The lowest BCUT2D eigenvalue weighted by molar-refractivity contribution is 0.148. The number of hydrogen-bond acceptors (Lipinski definition) is 3. The van der Waals surface area contributed by atoms with Crippen LogP contribution in [0.4, 0.5) is 4.79 Å². The molecule has 23 heavy (non-hydrogen) atoms. The van der Waals surface area contributed by atoms with Crippen LogP contribution in [0.1, 0.15) is 37.8 Å². The number of carbonyl (C=O) groups is 1. The van der Waals surface area contributed by atoms with Crippen molar-refractivity contribution in [2.45, 2.75) is 38.3 Å². The number of urea groups is 1. The number of nitrogens with one attached hydrogen (secondary N) is 1. The maximum atomic E-state index is 12.6. The third-order valence-electron chi connectivity index (χ3n) is 4.89. The fraction of sp³-hybridized carbons (Fsp3) is 0.611. The number of amides is 2. The van der Waals surface area contributed by atoms with Crippen LogP contribution in [0.2, 0.25) is 0 Å². The van der Waals surface area contributed by atoms with Crippen molar-refractivity contribution in [2.24, 2.45) is 5.92 Å². The van der Waals surface area contributed by atoms with Gasteiger partial charge in [-0.05, 0) is 49.8 Å². The summed E-state index contributed by atoms with van der Waals surface area (Å²) in [4.78, 5) is 14.6. The van der Waals surface area contributed by atoms with E-state index in [0.29, 0.717) is 25.2 Å². The minimum Gasteiger partial charge on any atom is -0.494 e. The van der Waals surface area contributed by atoms with E-state index in [1.54, 1.807) is 7.11 Å². The Morgan fingerprint density at radius 1 is 1.35 bits per heavy atom. The minimum absolute atomic E-state index is 0.0353. The van der Waals surface area contributed by atoms with E-state index in [9.17, 15) is 4.79 Å². The Bertz CT molecular complexity index is 532. The molecule has 1 N–H and O–H groups in total. The Balaban J connectivity index is 1.65. The topological polar surface area (TPSA) is 50.8 Å². The van der Waals surface area contributed by atoms with E-state index in [2.05, 4.69) is 5.32 Å². The third kappa shape index (κ3) is 3.61. The second-order valence-electron chi connectivity index (χ2n) is 6.44. The summed E-state index contributed by atoms with van der Waals surface area (Å²) in [7, 11) is 1.66. The number of ether oxygens (including phenoxy) is 2. The molecule has 1 aromatic carbocycles. The highest BCUT2D eigenvalue weighted by atomic mass is 16.5. The summed E-state index contributed by atoms with van der Waals surface area (Å²) in [5.41, 5.74) is 1.04. The van der Waals surface area contributed by atoms with Crippen LogP contribution in [0.25, 0.3) is 0 Å². The average Bonchev–Trinajstić information content (AvgIpc) is 3.18. The van der Waals surface area contributed by atoms with Crippen molar-refractivity contribution < 1.29 is 14.3 Å². The molecule has 1 saturated carbocycles. The number of piperidine rings is 1. The fourth-order valence-electron chi connectivity index (χ4n) is 3.76. The molecule has 2 bridgehead atoms. The molecular formula is C18H26N2O3. The van der Waals surface area contributed by atoms with Crippen molar-refractivity contribution in [2.75, 3.05) is 26.9 Å². The van der Waals surface area contributed by atoms with E-state index in [4.69, 9.17) is 9.47 Å². The van der Waals surface area contributed by atoms with Crippen LogP contribution in [0.5, 0.6) is 5.75 Å². The van der Waals surface area contributed by atoms with Gasteiger partial charge in [0, 0.05) is 19.7 Å². The molecule has 1 aliphatic heterocycles. The SMILES string of the molecule is CCOc1ccc([C@H](COC)NC(=O)N2C[C@H]3CC[C@H]2C3)cc1. The zero-order chi connectivity index (χ0) is 16.2. The largest absolute Gasteiger partial charge is 0.494 e. The number of fused-ring (bicyclic) bond motifs is 2. The smallest absolute Gasteiger partial charge is 0.318 e. The lowest BCUT2D eigenvalue weighted by atomic mass is 10.1. The van der Waals surface area contributed by atoms with E-state index in [-0.39, 0.29) is 12.1 Å². The van der Waals surface area contributed by atoms with E-state index < -0.39 is 0 Å². The molecule has 1 aliphatic carbocycles. The molecule has 5 nitrogen and oxygen atoms in total. The van der Waals surface area contributed by atoms with Gasteiger partial charge >= 0.3 is 6.03 Å². The molecular weight excluding hydrogens is 292 g/mol. The summed E-state index contributed by atoms with van der Waals surface area (Å²) in [6, 6.07) is 8.19. The number of likely N-dealkylation sites (tertiary alicyclic amines) is 1. The Morgan fingerprint density at radius 2 is 2.13 bits per heavy atom. The molecule has 0 unspecified atom stereocenters. The maximum Gasteiger partial charge on any atom is 0.318 e. The summed E-state index contributed by atoms with van der Waals surface area (Å²) in [6.07, 6.45) is 3.59. The Kier molecular flexibility index (Phi) is 5.06. The average molecular weight is 318 g/mol. The summed E-state index contributed by atoms with van der Waals surface area (Å²) >= 11 is 0. The summed E-state index contributed by atoms with van der Waals surface area (Å²) < 4.78 is 10.8. The Hall–Kier alpha value is -1.75. The van der Waals surface area contributed by atoms with Crippen LogP contribution in [0, 0.1) is 5.92 Å². The van der Waals surface area contributed by atoms with Gasteiger partial charge in [-0.3, -0.25) is 0 Å². The van der Waals surface area contributed by atoms with Crippen LogP contribution in [-0.4, -0.2) is 43.8 Å². The van der Waals surface area contributed by atoms with Gasteiger partial charge in [-0.15, -0.1) is 0 Å². The molecule has 3 rings (SSSR count). The molecule has 2 amide bonds. The van der Waals surface area contributed by atoms with Crippen molar-refractivity contribution in [3.63, 3.8) is 0 Å². The first-order valence-corrected chi connectivity index (χ1v) is 8.50. The number of hydrogen-bond donors (Lipinski definition) is 1. The van der Waals surface area contributed by atoms with E-state index in [1.807, 2.05) is 36.1 Å². The number of benzene rings is 1. The van der Waals surface area contributed by atoms with Crippen LogP contribution in [0.15, 0.2) is 24.3 Å². The molecule has 5 heteroatoms. The van der Waals surface area contributed by atoms with E-state index >= 15 is 0 Å². The quantitative estimate of drug-likeness (QED) is 0.877. The maximum absolute atomic E-state index is 12.6. The lowest BCUT2D eigenvalue weighted by Crippen LogP contribution is -2.46. The van der Waals surface area contributed by atoms with Gasteiger partial charge in [0.25, 0.3) is 0 Å². The number of rotatable bonds is 6. The summed E-state index contributed by atoms with van der Waals surface area (Å²) in [6.45, 7) is 3.97. The molecule has 126 valence electrons. The molecule has 0 aromatic heterocycles. The Morgan fingerprint density at radius 3 is 2.70 bits per heavy atom. The highest BCUT2D eigenvalue weighted by Gasteiger charge is 2.40. The molecule has 1 aromatic rings. The molecule has 1 heterocycles. The second-order valence-corrected chi connectivity index (χ2v) is 6.44. The van der Waals surface area contributed by atoms with Crippen LogP contribution >= 0.6 is 0 Å². The van der Waals surface area contributed by atoms with Crippen LogP contribution in [-0.2, 0) is 4.74 Å². The second kappa shape index (κ2) is 7.21. The van der Waals surface area contributed by atoms with E-state index in [0.717, 1.165) is 24.3 Å². The van der Waals surface area contributed by atoms with Crippen molar-refractivity contribution in [1.82, 2.24) is 10.2 Å². The molecule has 2 fully saturated rings. The molecule has 0 spiro atoms. The van der Waals surface area contributed by atoms with Gasteiger partial charge in [0.15, 0.2) is 0 Å². The first-order valence-electron chi connectivity index (χ1n) is 8.50. The standard InChI is InChI=1S/C18H26N2O3/c1-3-23-16-8-5-14(6-9-16)17(12-22-2)19-18(21)20-11-13-4-7-15(20)10-13/h5-6,8-9,13,15,17H,3-4,7,10-12H2,1-2H3,(H,19,21)/t13-,15-,17-/m0/s1. The zero-order valence-electron chi connectivity index (χ0n) is 14.0. The highest BCUT2D eigenvalue weighted by Crippen LogP contribution is 2.37. The van der Waals surface area contributed by atoms with Gasteiger partial charge in [0.2, 0.25) is 0 Å². The summed E-state index contributed by atoms with van der Waals surface area (Å²) in [5.74, 6) is 1.55. The normalized spacial score (nSPS) is 23.8. The van der Waals surface area contributed by atoms with Crippen molar-refractivity contribution >= 4 is 6.03 Å². The molecule has 3 atom stereocenters. The van der Waals surface area contributed by atoms with Crippen molar-refractivity contribution in [3.05, 3.63) is 29.8 Å². The first kappa shape index (κ1) is 16.1. The molecule has 2 aliphatic rings. The van der Waals surface area contributed by atoms with Gasteiger partial charge in [0.05, 0.1) is 19.3 Å². The lowest BCUT2D eigenvalue weighted by Gasteiger charge is -2.29. The highest BCUT2D eigenvalue weighted by molar-refractivity contribution is 5.75. The van der Waals surface area contributed by atoms with Gasteiger partial charge < -0.3 is 19.7 Å². The van der Waals surface area contributed by atoms with E-state index in [1.165, 1.54) is 12.8 Å². The Labute approximate surface area is 137 Å². The summed E-state index contributed by atoms with van der Waals surface area (Å²) in [5, 5.41) is 3.13. The third-order valence-corrected chi connectivity index (χ3v) is 4.89. The number of carbonyl (C=O) groups excluding carboxylic acids is 1. The number of nitrogens with zero attached hydrogens (tertiary/aromatic N) is 1. The van der Waals surface area contributed by atoms with Crippen molar-refractivity contribution in [3.8, 4) is 5.75 Å². The fourth-order valence-corrected chi connectivity index (χ4v) is 3.76. The van der Waals surface area contributed by atoms with Gasteiger partial charge in [-0.2, -0.15) is 0 Å². The molecule has 0 radical (unpaired) electrons. The number of methoxy groups -OCH3 is 1. The van der Waals surface area contributed by atoms with Crippen molar-refractivity contribution in [1.29, 1.82) is 0 Å². The van der Waals surface area contributed by atoms with Gasteiger partial charge in [-0.25, -0.2) is 4.79 Å². The van der Waals surface area contributed by atoms with Gasteiger partial charge in [-0.1, -0.05) is 12.1 Å².